The first kappa shape index (κ1) is 43.8. The number of ether oxygens (including phenoxy) is 2. The van der Waals surface area contributed by atoms with Gasteiger partial charge in [0.15, 0.2) is 11.4 Å². The standard InChI is InChI=1S/C64H81N3O5/c1-35-27-40-16-17-48-42-28-43-33-66(48)54(40)51-44-19-23-62-57(55(68)46-30-41-18-22-61(56(46)67(32-42)53(41)43)25-24-60(34-61)20-5-6-21-60)71-59(70)63(62)49(64(62)47-13-7-11-37(12-8-26-65)50(47)58(69)72-64)31-38(36-9-3-2-4-10-36)14-15-39(52(44)63)29-45(35)51/h7,11,13-15,35-36,38-39,41-43,45-46,48-49,51,53,56,68H,2-6,8-10,12,16-34,65H2,1H3/b15-14-,57-55+/t35-,38+,39+,41-,42+,43+,45-,46+,48+,49-,51-,53-,56-,61-,62+,63+,64+/m0/s1. The van der Waals surface area contributed by atoms with Crippen LogP contribution < -0.4 is 5.73 Å². The van der Waals surface area contributed by atoms with Gasteiger partial charge in [-0.15, -0.1) is 0 Å². The minimum Gasteiger partial charge on any atom is -0.508 e. The lowest BCUT2D eigenvalue weighted by Crippen LogP contribution is -2.78. The number of esters is 2. The van der Waals surface area contributed by atoms with Crippen molar-refractivity contribution in [1.29, 1.82) is 0 Å². The monoisotopic (exact) mass is 972 g/mol. The van der Waals surface area contributed by atoms with Gasteiger partial charge in [0.2, 0.25) is 0 Å². The molecule has 9 aliphatic carbocycles. The molecule has 0 radical (unpaired) electrons. The smallest absolute Gasteiger partial charge is 0.339 e. The Morgan fingerprint density at radius 2 is 1.72 bits per heavy atom. The van der Waals surface area contributed by atoms with Gasteiger partial charge in [-0.05, 0) is 204 Å². The highest BCUT2D eigenvalue weighted by atomic mass is 16.6. The quantitative estimate of drug-likeness (QED) is 0.227. The summed E-state index contributed by atoms with van der Waals surface area (Å²) in [6.07, 6.45) is 34.3. The predicted octanol–water partition coefficient (Wildman–Crippen LogP) is 12.0. The zero-order chi connectivity index (χ0) is 47.8. The molecule has 8 heteroatoms. The lowest BCUT2D eigenvalue weighted by atomic mass is 9.27. The Morgan fingerprint density at radius 1 is 0.847 bits per heavy atom. The molecule has 0 unspecified atom stereocenters. The van der Waals surface area contributed by atoms with Gasteiger partial charge in [-0.2, -0.15) is 0 Å². The highest BCUT2D eigenvalue weighted by Gasteiger charge is 2.94. The number of carbonyl (C=O) groups is 2. The van der Waals surface area contributed by atoms with Crippen molar-refractivity contribution in [2.75, 3.05) is 19.6 Å². The Balaban J connectivity index is 0.969. The first-order valence-corrected chi connectivity index (χ1v) is 30.5. The molecule has 17 aliphatic rings. The van der Waals surface area contributed by atoms with E-state index in [0.717, 1.165) is 49.8 Å². The predicted molar refractivity (Wildman–Crippen MR) is 275 cm³/mol. The van der Waals surface area contributed by atoms with Gasteiger partial charge in [-0.25, -0.2) is 4.79 Å². The van der Waals surface area contributed by atoms with Crippen LogP contribution in [0.4, 0.5) is 0 Å². The van der Waals surface area contributed by atoms with Crippen molar-refractivity contribution < 1.29 is 24.2 Å². The Morgan fingerprint density at radius 3 is 2.58 bits per heavy atom. The van der Waals surface area contributed by atoms with E-state index in [-0.39, 0.29) is 47.1 Å². The van der Waals surface area contributed by atoms with E-state index >= 15 is 9.59 Å². The number of carbonyl (C=O) groups excluding carboxylic acids is 2. The summed E-state index contributed by atoms with van der Waals surface area (Å²) in [5.41, 5.74) is 12.7. The van der Waals surface area contributed by atoms with E-state index in [4.69, 9.17) is 15.2 Å². The first-order chi connectivity index (χ1) is 35.2. The van der Waals surface area contributed by atoms with Crippen LogP contribution >= 0.6 is 0 Å². The van der Waals surface area contributed by atoms with Gasteiger partial charge in [-0.1, -0.05) is 80.5 Å². The molecule has 1 aromatic carbocycles. The van der Waals surface area contributed by atoms with E-state index in [1.807, 2.05) is 0 Å². The van der Waals surface area contributed by atoms with Crippen molar-refractivity contribution >= 4 is 11.9 Å². The van der Waals surface area contributed by atoms with Crippen LogP contribution in [0.1, 0.15) is 183 Å². The fraction of sp³-hybridized carbons (Fsp3) is 0.750. The average Bonchev–Trinajstić information content (AvgIpc) is 4.13. The van der Waals surface area contributed by atoms with Crippen LogP contribution in [-0.4, -0.2) is 64.6 Å². The Hall–Kier alpha value is -3.36. The summed E-state index contributed by atoms with van der Waals surface area (Å²) in [6, 6.07) is 7.83. The van der Waals surface area contributed by atoms with Gasteiger partial charge in [0.05, 0.1) is 11.0 Å². The highest BCUT2D eigenvalue weighted by molar-refractivity contribution is 6.00. The Kier molecular flexibility index (Phi) is 8.99. The Bertz CT molecular complexity index is 2720. The van der Waals surface area contributed by atoms with Gasteiger partial charge in [0.1, 0.15) is 11.2 Å². The molecular weight excluding hydrogens is 891 g/mol. The first-order valence-electron chi connectivity index (χ1n) is 30.5. The molecule has 18 rings (SSSR count). The normalized spacial score (nSPS) is 49.9. The number of aryl methyl sites for hydroxylation is 1. The summed E-state index contributed by atoms with van der Waals surface area (Å²) in [5, 5.41) is 14.4. The molecule has 10 fully saturated rings. The molecule has 5 saturated heterocycles. The summed E-state index contributed by atoms with van der Waals surface area (Å²) in [7, 11) is 0. The maximum Gasteiger partial charge on any atom is 0.339 e. The number of aliphatic hydroxyl groups is 1. The number of piperidine rings is 3. The maximum absolute atomic E-state index is 16.8. The van der Waals surface area contributed by atoms with Gasteiger partial charge in [-0.3, -0.25) is 9.69 Å². The molecule has 0 amide bonds. The molecule has 72 heavy (non-hydrogen) atoms. The summed E-state index contributed by atoms with van der Waals surface area (Å²) < 4.78 is 15.0. The molecule has 5 saturated carbocycles. The SMILES string of the molecule is C[C@H]1CC2=C3[C@H]4C5=C6[C@H](/C=C\[C@@H](C7CCCCC7)C[C@H]7[C@]68C(=O)O/C(=C(/O)[C@H]6C[C@@H]9CC[C@@]%10(CCC%11(CCCC%11)C%10)[C@H]6N6C[C@H]%10C[C@H](CN3[C@@H]%10CC2)[C@H]96)[C@@]8(CC5)[C@]72OC(=O)c3c(CCCN)cccc32)C[C@H]41. The zero-order valence-electron chi connectivity index (χ0n) is 43.3. The maximum atomic E-state index is 16.8. The molecule has 382 valence electrons. The van der Waals surface area contributed by atoms with Crippen LogP contribution in [0, 0.1) is 86.8 Å². The highest BCUT2D eigenvalue weighted by Crippen LogP contribution is 2.88. The lowest BCUT2D eigenvalue weighted by molar-refractivity contribution is -0.282. The second-order valence-electron chi connectivity index (χ2n) is 28.5. The largest absolute Gasteiger partial charge is 0.508 e. The molecule has 3 N–H and O–H groups in total. The number of benzene rings is 1. The molecule has 17 atom stereocenters. The minimum atomic E-state index is -1.13. The molecule has 8 nitrogen and oxygen atoms in total. The number of allylic oxidation sites excluding steroid dienone is 4. The fourth-order valence-electron chi connectivity index (χ4n) is 24.4. The van der Waals surface area contributed by atoms with Crippen LogP contribution in [-0.2, 0) is 26.3 Å². The van der Waals surface area contributed by atoms with Crippen molar-refractivity contribution in [3.8, 4) is 0 Å². The van der Waals surface area contributed by atoms with Crippen molar-refractivity contribution in [3.63, 3.8) is 0 Å². The lowest BCUT2D eigenvalue weighted by Gasteiger charge is -2.73. The van der Waals surface area contributed by atoms with Crippen LogP contribution in [0.25, 0.3) is 0 Å². The van der Waals surface area contributed by atoms with E-state index in [9.17, 15) is 5.11 Å². The number of hydrogen-bond acceptors (Lipinski definition) is 8. The van der Waals surface area contributed by atoms with Crippen molar-refractivity contribution in [1.82, 2.24) is 9.80 Å². The van der Waals surface area contributed by atoms with Gasteiger partial charge < -0.3 is 25.2 Å². The van der Waals surface area contributed by atoms with E-state index in [0.29, 0.717) is 95.4 Å². The molecule has 1 aromatic rings. The van der Waals surface area contributed by atoms with E-state index in [1.54, 1.807) is 16.8 Å². The van der Waals surface area contributed by atoms with Gasteiger partial charge in [0, 0.05) is 60.2 Å². The number of fused-ring (bicyclic) bond motifs is 7. The van der Waals surface area contributed by atoms with E-state index in [2.05, 4.69) is 47.1 Å². The number of nitrogens with zero attached hydrogens (tertiary/aromatic N) is 2. The second-order valence-corrected chi connectivity index (χ2v) is 28.5. The van der Waals surface area contributed by atoms with Gasteiger partial charge in [0.25, 0.3) is 0 Å². The van der Waals surface area contributed by atoms with Crippen LogP contribution in [0.2, 0.25) is 0 Å². The summed E-state index contributed by atoms with van der Waals surface area (Å²) >= 11 is 0. The van der Waals surface area contributed by atoms with Crippen molar-refractivity contribution in [2.24, 2.45) is 92.5 Å². The zero-order valence-corrected chi connectivity index (χ0v) is 43.3. The molecule has 8 heterocycles. The molecular formula is C64H81N3O5. The van der Waals surface area contributed by atoms with Crippen LogP contribution in [0.5, 0.6) is 0 Å². The second kappa shape index (κ2) is 14.8. The topological polar surface area (TPSA) is 105 Å². The molecule has 9 bridgehead atoms. The van der Waals surface area contributed by atoms with Crippen molar-refractivity contribution in [3.05, 3.63) is 81.0 Å². The third-order valence-corrected chi connectivity index (χ3v) is 26.3. The van der Waals surface area contributed by atoms with Crippen LogP contribution in [0.15, 0.2) is 64.3 Å². The third-order valence-electron chi connectivity index (χ3n) is 26.3. The molecule has 8 aliphatic heterocycles. The van der Waals surface area contributed by atoms with Gasteiger partial charge >= 0.3 is 11.9 Å². The third kappa shape index (κ3) is 5.00. The van der Waals surface area contributed by atoms with Crippen LogP contribution in [0.3, 0.4) is 0 Å². The van der Waals surface area contributed by atoms with Crippen molar-refractivity contribution in [2.45, 2.75) is 191 Å². The fourth-order valence-corrected chi connectivity index (χ4v) is 24.4. The molecule has 0 aromatic heterocycles. The number of nitrogens with two attached hydrogens (primary N) is 1. The Labute approximate surface area is 428 Å². The summed E-state index contributed by atoms with van der Waals surface area (Å²) in [5.74, 6) is 4.25. The summed E-state index contributed by atoms with van der Waals surface area (Å²) in [6.45, 7) is 5.47. The molecule has 5 spiro atoms. The average molecular weight is 972 g/mol. The summed E-state index contributed by atoms with van der Waals surface area (Å²) in [4.78, 5) is 38.4. The van der Waals surface area contributed by atoms with E-state index < -0.39 is 16.4 Å². The number of aliphatic hydroxyl groups excluding tert-OH is 1. The minimum absolute atomic E-state index is 0.112. The number of rotatable bonds is 4. The number of hydrogen-bond donors (Lipinski definition) is 2. The van der Waals surface area contributed by atoms with E-state index in [1.165, 1.54) is 128 Å².